The first-order chi connectivity index (χ1) is 9.10. The quantitative estimate of drug-likeness (QED) is 0.905. The fraction of sp³-hybridized carbons (Fsp3) is 0.625. The predicted octanol–water partition coefficient (Wildman–Crippen LogP) is 2.16. The summed E-state index contributed by atoms with van der Waals surface area (Å²) in [5.74, 6) is 0. The van der Waals surface area contributed by atoms with Gasteiger partial charge < -0.3 is 15.5 Å². The van der Waals surface area contributed by atoms with Crippen LogP contribution in [0.15, 0.2) is 18.2 Å². The third kappa shape index (κ3) is 3.71. The highest BCUT2D eigenvalue weighted by atomic mass is 15.2. The standard InChI is InChI=1S/C16H27N3/c1-13-9-14(2)11-16(10-13)19-8-4-7-18(3)12-15(19)5-6-17/h9-11,15H,4-8,12,17H2,1-3H3. The Morgan fingerprint density at radius 2 is 1.84 bits per heavy atom. The van der Waals surface area contributed by atoms with E-state index in [9.17, 15) is 0 Å². The highest BCUT2D eigenvalue weighted by Gasteiger charge is 2.23. The number of benzene rings is 1. The lowest BCUT2D eigenvalue weighted by Crippen LogP contribution is -2.41. The van der Waals surface area contributed by atoms with Gasteiger partial charge in [-0.25, -0.2) is 0 Å². The van der Waals surface area contributed by atoms with Crippen LogP contribution in [0.3, 0.4) is 0 Å². The average molecular weight is 261 g/mol. The molecule has 3 heteroatoms. The predicted molar refractivity (Wildman–Crippen MR) is 82.8 cm³/mol. The first-order valence-electron chi connectivity index (χ1n) is 7.33. The summed E-state index contributed by atoms with van der Waals surface area (Å²) in [7, 11) is 2.22. The number of rotatable bonds is 3. The summed E-state index contributed by atoms with van der Waals surface area (Å²) in [6.45, 7) is 8.56. The molecule has 2 N–H and O–H groups in total. The van der Waals surface area contributed by atoms with Crippen molar-refractivity contribution in [2.24, 2.45) is 5.73 Å². The molecule has 0 amide bonds. The van der Waals surface area contributed by atoms with Crippen LogP contribution in [-0.2, 0) is 0 Å². The zero-order chi connectivity index (χ0) is 13.8. The second kappa shape index (κ2) is 6.40. The largest absolute Gasteiger partial charge is 0.367 e. The monoisotopic (exact) mass is 261 g/mol. The van der Waals surface area contributed by atoms with E-state index in [0.29, 0.717) is 6.04 Å². The molecule has 1 heterocycles. The van der Waals surface area contributed by atoms with Crippen LogP contribution in [-0.4, -0.2) is 44.2 Å². The maximum absolute atomic E-state index is 5.81. The summed E-state index contributed by atoms with van der Waals surface area (Å²) in [5, 5.41) is 0. The maximum atomic E-state index is 5.81. The lowest BCUT2D eigenvalue weighted by molar-refractivity contribution is 0.326. The molecular formula is C16H27N3. The molecule has 19 heavy (non-hydrogen) atoms. The van der Waals surface area contributed by atoms with Gasteiger partial charge in [0.1, 0.15) is 0 Å². The van der Waals surface area contributed by atoms with Crippen LogP contribution in [0.2, 0.25) is 0 Å². The zero-order valence-electron chi connectivity index (χ0n) is 12.5. The molecule has 1 aliphatic heterocycles. The van der Waals surface area contributed by atoms with E-state index in [0.717, 1.165) is 26.1 Å². The van der Waals surface area contributed by atoms with Crippen LogP contribution in [0.1, 0.15) is 24.0 Å². The minimum Gasteiger partial charge on any atom is -0.367 e. The molecule has 2 rings (SSSR count). The van der Waals surface area contributed by atoms with Crippen LogP contribution in [0.25, 0.3) is 0 Å². The molecule has 0 radical (unpaired) electrons. The van der Waals surface area contributed by atoms with E-state index >= 15 is 0 Å². The molecule has 0 aliphatic carbocycles. The van der Waals surface area contributed by atoms with E-state index in [1.165, 1.54) is 29.8 Å². The molecule has 1 aliphatic rings. The lowest BCUT2D eigenvalue weighted by Gasteiger charge is -2.33. The zero-order valence-corrected chi connectivity index (χ0v) is 12.5. The van der Waals surface area contributed by atoms with Crippen molar-refractivity contribution in [3.05, 3.63) is 29.3 Å². The van der Waals surface area contributed by atoms with Crippen LogP contribution in [0.4, 0.5) is 5.69 Å². The van der Waals surface area contributed by atoms with Gasteiger partial charge in [-0.15, -0.1) is 0 Å². The van der Waals surface area contributed by atoms with Crippen LogP contribution >= 0.6 is 0 Å². The van der Waals surface area contributed by atoms with Gasteiger partial charge in [0.05, 0.1) is 0 Å². The van der Waals surface area contributed by atoms with Crippen molar-refractivity contribution >= 4 is 5.69 Å². The van der Waals surface area contributed by atoms with Crippen molar-refractivity contribution in [3.63, 3.8) is 0 Å². The molecule has 1 atom stereocenters. The number of likely N-dealkylation sites (N-methyl/N-ethyl adjacent to an activating group) is 1. The van der Waals surface area contributed by atoms with E-state index in [1.807, 2.05) is 0 Å². The van der Waals surface area contributed by atoms with Gasteiger partial charge in [-0.3, -0.25) is 0 Å². The molecule has 106 valence electrons. The summed E-state index contributed by atoms with van der Waals surface area (Å²) in [6, 6.07) is 7.40. The second-order valence-corrected chi connectivity index (χ2v) is 5.89. The van der Waals surface area contributed by atoms with E-state index in [4.69, 9.17) is 5.73 Å². The first kappa shape index (κ1) is 14.4. The van der Waals surface area contributed by atoms with Gasteiger partial charge in [0.2, 0.25) is 0 Å². The van der Waals surface area contributed by atoms with Gasteiger partial charge in [0, 0.05) is 24.8 Å². The van der Waals surface area contributed by atoms with E-state index < -0.39 is 0 Å². The summed E-state index contributed by atoms with van der Waals surface area (Å²) in [4.78, 5) is 5.00. The smallest absolute Gasteiger partial charge is 0.0428 e. The van der Waals surface area contributed by atoms with Gasteiger partial charge in [-0.05, 0) is 70.1 Å². The van der Waals surface area contributed by atoms with Crippen LogP contribution < -0.4 is 10.6 Å². The molecule has 1 fully saturated rings. The van der Waals surface area contributed by atoms with Crippen LogP contribution in [0.5, 0.6) is 0 Å². The lowest BCUT2D eigenvalue weighted by atomic mass is 10.1. The fourth-order valence-electron chi connectivity index (χ4n) is 3.14. The summed E-state index contributed by atoms with van der Waals surface area (Å²) >= 11 is 0. The van der Waals surface area contributed by atoms with Gasteiger partial charge >= 0.3 is 0 Å². The summed E-state index contributed by atoms with van der Waals surface area (Å²) in [6.07, 6.45) is 2.29. The normalized spacial score (nSPS) is 21.5. The molecule has 1 unspecified atom stereocenters. The minimum absolute atomic E-state index is 0.540. The molecule has 0 bridgehead atoms. The molecule has 0 aromatic heterocycles. The van der Waals surface area contributed by atoms with Crippen molar-refractivity contribution in [2.75, 3.05) is 38.1 Å². The number of nitrogens with zero attached hydrogens (tertiary/aromatic N) is 2. The molecule has 3 nitrogen and oxygen atoms in total. The highest BCUT2D eigenvalue weighted by molar-refractivity contribution is 5.52. The van der Waals surface area contributed by atoms with Gasteiger partial charge in [0.15, 0.2) is 0 Å². The highest BCUT2D eigenvalue weighted by Crippen LogP contribution is 2.24. The van der Waals surface area contributed by atoms with Crippen molar-refractivity contribution in [3.8, 4) is 0 Å². The first-order valence-corrected chi connectivity index (χ1v) is 7.33. The number of hydrogen-bond acceptors (Lipinski definition) is 3. The Labute approximate surface area is 117 Å². The number of aryl methyl sites for hydroxylation is 2. The molecule has 1 saturated heterocycles. The van der Waals surface area contributed by atoms with E-state index in [2.05, 4.69) is 48.9 Å². The van der Waals surface area contributed by atoms with Crippen molar-refractivity contribution in [1.82, 2.24) is 4.90 Å². The Balaban J connectivity index is 2.27. The summed E-state index contributed by atoms with van der Waals surface area (Å²) < 4.78 is 0. The minimum atomic E-state index is 0.540. The molecule has 0 saturated carbocycles. The molecule has 1 aromatic rings. The number of nitrogens with two attached hydrogens (primary N) is 1. The Bertz CT molecular complexity index is 396. The van der Waals surface area contributed by atoms with Gasteiger partial charge in [-0.1, -0.05) is 6.07 Å². The maximum Gasteiger partial charge on any atom is 0.0428 e. The topological polar surface area (TPSA) is 32.5 Å². The Morgan fingerprint density at radius 3 is 2.47 bits per heavy atom. The fourth-order valence-corrected chi connectivity index (χ4v) is 3.14. The Morgan fingerprint density at radius 1 is 1.16 bits per heavy atom. The van der Waals surface area contributed by atoms with Gasteiger partial charge in [0.25, 0.3) is 0 Å². The third-order valence-corrected chi connectivity index (χ3v) is 3.94. The number of anilines is 1. The van der Waals surface area contributed by atoms with Crippen molar-refractivity contribution in [2.45, 2.75) is 32.7 Å². The average Bonchev–Trinajstić information content (AvgIpc) is 2.50. The SMILES string of the molecule is Cc1cc(C)cc(N2CCCN(C)CC2CCN)c1. The van der Waals surface area contributed by atoms with Crippen LogP contribution in [0, 0.1) is 13.8 Å². The Kier molecular flexibility index (Phi) is 4.83. The van der Waals surface area contributed by atoms with E-state index in [-0.39, 0.29) is 0 Å². The van der Waals surface area contributed by atoms with Crippen molar-refractivity contribution in [1.29, 1.82) is 0 Å². The molecule has 0 spiro atoms. The van der Waals surface area contributed by atoms with E-state index in [1.54, 1.807) is 0 Å². The second-order valence-electron chi connectivity index (χ2n) is 5.89. The third-order valence-electron chi connectivity index (χ3n) is 3.94. The molecule has 1 aromatic carbocycles. The number of hydrogen-bond donors (Lipinski definition) is 1. The summed E-state index contributed by atoms with van der Waals surface area (Å²) in [5.41, 5.74) is 9.87. The Hall–Kier alpha value is -1.06. The van der Waals surface area contributed by atoms with Crippen molar-refractivity contribution < 1.29 is 0 Å². The van der Waals surface area contributed by atoms with Gasteiger partial charge in [-0.2, -0.15) is 0 Å². The molecular weight excluding hydrogens is 234 g/mol.